The van der Waals surface area contributed by atoms with Crippen LogP contribution in [0.2, 0.25) is 0 Å². The number of hydrogen-bond donors (Lipinski definition) is 0. The molecule has 2 aromatic rings. The van der Waals surface area contributed by atoms with E-state index >= 15 is 0 Å². The van der Waals surface area contributed by atoms with Gasteiger partial charge in [0, 0.05) is 17.7 Å². The van der Waals surface area contributed by atoms with E-state index in [4.69, 9.17) is 4.74 Å². The monoisotopic (exact) mass is 290 g/mol. The van der Waals surface area contributed by atoms with Gasteiger partial charge < -0.3 is 4.74 Å². The van der Waals surface area contributed by atoms with Crippen molar-refractivity contribution in [3.8, 4) is 17.0 Å². The summed E-state index contributed by atoms with van der Waals surface area (Å²) in [4.78, 5) is 8.61. The van der Waals surface area contributed by atoms with E-state index in [1.165, 1.54) is 5.56 Å². The van der Waals surface area contributed by atoms with Crippen LogP contribution in [0.25, 0.3) is 11.3 Å². The molecule has 0 spiro atoms. The van der Waals surface area contributed by atoms with E-state index in [0.29, 0.717) is 4.73 Å². The summed E-state index contributed by atoms with van der Waals surface area (Å²) in [5.41, 5.74) is 4.27. The maximum absolute atomic E-state index is 5.49. The number of rotatable bonds is 1. The first-order valence-corrected chi connectivity index (χ1v) is 6.29. The van der Waals surface area contributed by atoms with E-state index in [0.717, 1.165) is 35.7 Å². The molecule has 3 nitrogen and oxygen atoms in total. The first-order valence-electron chi connectivity index (χ1n) is 5.50. The molecule has 0 bridgehead atoms. The Balaban J connectivity index is 2.09. The molecule has 0 radical (unpaired) electrons. The van der Waals surface area contributed by atoms with E-state index < -0.39 is 0 Å². The third-order valence-electron chi connectivity index (χ3n) is 2.81. The van der Waals surface area contributed by atoms with Gasteiger partial charge in [-0.2, -0.15) is 0 Å². The van der Waals surface area contributed by atoms with Gasteiger partial charge in [0.05, 0.1) is 12.3 Å². The third kappa shape index (κ3) is 2.05. The summed E-state index contributed by atoms with van der Waals surface area (Å²) in [6.07, 6.45) is 0.981. The highest BCUT2D eigenvalue weighted by Gasteiger charge is 2.13. The molecule has 0 atom stereocenters. The predicted octanol–water partition coefficient (Wildman–Crippen LogP) is 3.15. The van der Waals surface area contributed by atoms with E-state index in [1.54, 1.807) is 0 Å². The Morgan fingerprint density at radius 2 is 2.12 bits per heavy atom. The molecule has 0 N–H and O–H groups in total. The third-order valence-corrected chi connectivity index (χ3v) is 3.17. The van der Waals surface area contributed by atoms with Crippen molar-refractivity contribution in [2.24, 2.45) is 0 Å². The summed E-state index contributed by atoms with van der Waals surface area (Å²) in [6, 6.07) is 8.19. The van der Waals surface area contributed by atoms with Crippen LogP contribution in [0.15, 0.2) is 29.0 Å². The highest BCUT2D eigenvalue weighted by Crippen LogP contribution is 2.30. The highest BCUT2D eigenvalue weighted by molar-refractivity contribution is 9.10. The van der Waals surface area contributed by atoms with Crippen molar-refractivity contribution in [3.63, 3.8) is 0 Å². The molecule has 0 fully saturated rings. The molecular weight excluding hydrogens is 280 g/mol. The average Bonchev–Trinajstić information content (AvgIpc) is 2.74. The summed E-state index contributed by atoms with van der Waals surface area (Å²) in [5, 5.41) is 0. The van der Waals surface area contributed by atoms with Gasteiger partial charge >= 0.3 is 0 Å². The van der Waals surface area contributed by atoms with Crippen LogP contribution in [0.1, 0.15) is 11.3 Å². The fourth-order valence-electron chi connectivity index (χ4n) is 2.03. The standard InChI is InChI=1S/C13H11BrN2O/c1-8-6-11(16-13(14)15-8)9-2-3-12-10(7-9)4-5-17-12/h2-3,6-7H,4-5H2,1H3. The molecule has 0 saturated carbocycles. The summed E-state index contributed by atoms with van der Waals surface area (Å²) >= 11 is 3.33. The van der Waals surface area contributed by atoms with Crippen LogP contribution in [0.3, 0.4) is 0 Å². The number of fused-ring (bicyclic) bond motifs is 1. The predicted molar refractivity (Wildman–Crippen MR) is 69.1 cm³/mol. The highest BCUT2D eigenvalue weighted by atomic mass is 79.9. The second kappa shape index (κ2) is 4.11. The van der Waals surface area contributed by atoms with Crippen LogP contribution in [0, 0.1) is 6.92 Å². The van der Waals surface area contributed by atoms with Gasteiger partial charge in [-0.05, 0) is 52.7 Å². The van der Waals surface area contributed by atoms with Gasteiger partial charge in [-0.1, -0.05) is 0 Å². The zero-order chi connectivity index (χ0) is 11.8. The average molecular weight is 291 g/mol. The lowest BCUT2D eigenvalue weighted by molar-refractivity contribution is 0.357. The van der Waals surface area contributed by atoms with Crippen LogP contribution in [0.4, 0.5) is 0 Å². The summed E-state index contributed by atoms with van der Waals surface area (Å²) in [6.45, 7) is 2.75. The summed E-state index contributed by atoms with van der Waals surface area (Å²) < 4.78 is 6.12. The molecule has 1 aromatic carbocycles. The van der Waals surface area contributed by atoms with Gasteiger partial charge in [-0.3, -0.25) is 0 Å². The zero-order valence-electron chi connectivity index (χ0n) is 9.40. The largest absolute Gasteiger partial charge is 0.493 e. The van der Waals surface area contributed by atoms with Crippen molar-refractivity contribution < 1.29 is 4.74 Å². The van der Waals surface area contributed by atoms with Crippen molar-refractivity contribution >= 4 is 15.9 Å². The first kappa shape index (κ1) is 10.7. The van der Waals surface area contributed by atoms with E-state index in [9.17, 15) is 0 Å². The van der Waals surface area contributed by atoms with Crippen molar-refractivity contribution in [3.05, 3.63) is 40.3 Å². The maximum atomic E-state index is 5.49. The number of benzene rings is 1. The van der Waals surface area contributed by atoms with Crippen LogP contribution in [-0.4, -0.2) is 16.6 Å². The van der Waals surface area contributed by atoms with Crippen molar-refractivity contribution in [1.29, 1.82) is 0 Å². The second-order valence-corrected chi connectivity index (χ2v) is 4.79. The van der Waals surface area contributed by atoms with Crippen LogP contribution < -0.4 is 4.74 Å². The van der Waals surface area contributed by atoms with E-state index in [2.05, 4.69) is 32.0 Å². The molecule has 1 aliphatic heterocycles. The van der Waals surface area contributed by atoms with Gasteiger partial charge in [0.15, 0.2) is 4.73 Å². The summed E-state index contributed by atoms with van der Waals surface area (Å²) in [5.74, 6) is 0.999. The van der Waals surface area contributed by atoms with Crippen molar-refractivity contribution in [1.82, 2.24) is 9.97 Å². The molecule has 3 rings (SSSR count). The van der Waals surface area contributed by atoms with E-state index in [-0.39, 0.29) is 0 Å². The molecule has 1 aliphatic rings. The lowest BCUT2D eigenvalue weighted by atomic mass is 10.1. The van der Waals surface area contributed by atoms with Crippen molar-refractivity contribution in [2.45, 2.75) is 13.3 Å². The molecular formula is C13H11BrN2O. The number of aromatic nitrogens is 2. The fourth-order valence-corrected chi connectivity index (χ4v) is 2.50. The Morgan fingerprint density at radius 1 is 1.24 bits per heavy atom. The normalized spacial score (nSPS) is 13.3. The zero-order valence-corrected chi connectivity index (χ0v) is 11.0. The lowest BCUT2D eigenvalue weighted by Crippen LogP contribution is -1.91. The van der Waals surface area contributed by atoms with Gasteiger partial charge in [0.25, 0.3) is 0 Å². The number of aryl methyl sites for hydroxylation is 1. The van der Waals surface area contributed by atoms with Crippen molar-refractivity contribution in [2.75, 3.05) is 6.61 Å². The molecule has 0 aliphatic carbocycles. The molecule has 0 saturated heterocycles. The molecule has 0 amide bonds. The Labute approximate surface area is 108 Å². The molecule has 0 unspecified atom stereocenters. The first-order chi connectivity index (χ1) is 8.22. The molecule has 86 valence electrons. The SMILES string of the molecule is Cc1cc(-c2ccc3c(c2)CCO3)nc(Br)n1. The number of nitrogens with zero attached hydrogens (tertiary/aromatic N) is 2. The second-order valence-electron chi connectivity index (χ2n) is 4.08. The maximum Gasteiger partial charge on any atom is 0.197 e. The molecule has 1 aromatic heterocycles. The van der Waals surface area contributed by atoms with E-state index in [1.807, 2.05) is 25.1 Å². The number of halogens is 1. The van der Waals surface area contributed by atoms with Gasteiger partial charge in [-0.25, -0.2) is 9.97 Å². The Hall–Kier alpha value is -1.42. The molecule has 4 heteroatoms. The smallest absolute Gasteiger partial charge is 0.197 e. The number of ether oxygens (including phenoxy) is 1. The van der Waals surface area contributed by atoms with Gasteiger partial charge in [0.1, 0.15) is 5.75 Å². The van der Waals surface area contributed by atoms with Crippen LogP contribution in [0.5, 0.6) is 5.75 Å². The quantitative estimate of drug-likeness (QED) is 0.757. The summed E-state index contributed by atoms with van der Waals surface area (Å²) in [7, 11) is 0. The molecule has 2 heterocycles. The lowest BCUT2D eigenvalue weighted by Gasteiger charge is -2.05. The minimum Gasteiger partial charge on any atom is -0.493 e. The topological polar surface area (TPSA) is 35.0 Å². The Bertz CT molecular complexity index is 563. The Kier molecular flexibility index (Phi) is 2.59. The van der Waals surface area contributed by atoms with Gasteiger partial charge in [-0.15, -0.1) is 0 Å². The minimum absolute atomic E-state index is 0.629. The minimum atomic E-state index is 0.629. The fraction of sp³-hybridized carbons (Fsp3) is 0.231. The van der Waals surface area contributed by atoms with Gasteiger partial charge in [0.2, 0.25) is 0 Å². The molecule has 17 heavy (non-hydrogen) atoms. The Morgan fingerprint density at radius 3 is 2.94 bits per heavy atom. The van der Waals surface area contributed by atoms with Crippen LogP contribution in [-0.2, 0) is 6.42 Å². The number of hydrogen-bond acceptors (Lipinski definition) is 3. The van der Waals surface area contributed by atoms with Crippen LogP contribution >= 0.6 is 15.9 Å².